The zero-order valence-electron chi connectivity index (χ0n) is 21.1. The first-order valence-corrected chi connectivity index (χ1v) is 15.0. The van der Waals surface area contributed by atoms with Gasteiger partial charge >= 0.3 is 0 Å². The zero-order chi connectivity index (χ0) is 25.1. The van der Waals surface area contributed by atoms with E-state index in [-0.39, 0.29) is 5.25 Å². The van der Waals surface area contributed by atoms with Crippen molar-refractivity contribution in [3.63, 3.8) is 0 Å². The molecule has 0 radical (unpaired) electrons. The Morgan fingerprint density at radius 2 is 2.06 bits per heavy atom. The number of rotatable bonds is 9. The number of pyridine rings is 1. The van der Waals surface area contributed by atoms with E-state index in [2.05, 4.69) is 57.7 Å². The number of imidazole rings is 1. The molecule has 4 aromatic rings. The SMILES string of the molecule is CCC1CN(c2scnc2C)CCN1CCC(S)c1ccnc(CSc2nc3ccccc3[nH]2)c1C. The third-order valence-corrected chi connectivity index (χ3v) is 9.60. The second-order valence-corrected chi connectivity index (χ2v) is 11.8. The Morgan fingerprint density at radius 3 is 2.83 bits per heavy atom. The molecule has 9 heteroatoms. The van der Waals surface area contributed by atoms with Gasteiger partial charge in [0, 0.05) is 42.9 Å². The van der Waals surface area contributed by atoms with E-state index >= 15 is 0 Å². The van der Waals surface area contributed by atoms with Gasteiger partial charge in [0.2, 0.25) is 0 Å². The molecule has 0 aliphatic carbocycles. The Kier molecular flexibility index (Phi) is 8.20. The maximum absolute atomic E-state index is 5.05. The number of benzene rings is 1. The minimum Gasteiger partial charge on any atom is -0.359 e. The van der Waals surface area contributed by atoms with E-state index in [9.17, 15) is 0 Å². The van der Waals surface area contributed by atoms with Gasteiger partial charge in [-0.2, -0.15) is 12.6 Å². The van der Waals surface area contributed by atoms with E-state index in [1.165, 1.54) is 16.1 Å². The first kappa shape index (κ1) is 25.6. The van der Waals surface area contributed by atoms with E-state index in [1.54, 1.807) is 23.1 Å². The van der Waals surface area contributed by atoms with Gasteiger partial charge in [-0.1, -0.05) is 30.8 Å². The Balaban J connectivity index is 1.19. The van der Waals surface area contributed by atoms with Crippen LogP contribution in [0.1, 0.15) is 47.5 Å². The molecule has 1 aliphatic heterocycles. The number of aromatic nitrogens is 4. The normalized spacial score (nSPS) is 17.7. The molecule has 1 N–H and O–H groups in total. The summed E-state index contributed by atoms with van der Waals surface area (Å²) in [7, 11) is 0. The largest absolute Gasteiger partial charge is 0.359 e. The number of thiazole rings is 1. The fourth-order valence-electron chi connectivity index (χ4n) is 5.04. The number of aromatic amines is 1. The van der Waals surface area contributed by atoms with Crippen LogP contribution >= 0.6 is 35.7 Å². The Hall–Kier alpha value is -2.07. The number of hydrogen-bond acceptors (Lipinski definition) is 8. The predicted octanol–water partition coefficient (Wildman–Crippen LogP) is 6.29. The van der Waals surface area contributed by atoms with Crippen LogP contribution in [0.5, 0.6) is 0 Å². The monoisotopic (exact) mass is 538 g/mol. The van der Waals surface area contributed by atoms with Crippen LogP contribution in [0.3, 0.4) is 0 Å². The third kappa shape index (κ3) is 5.59. The summed E-state index contributed by atoms with van der Waals surface area (Å²) < 4.78 is 0. The molecule has 0 spiro atoms. The number of nitrogens with one attached hydrogen (secondary N) is 1. The average molecular weight is 539 g/mol. The van der Waals surface area contributed by atoms with Crippen molar-refractivity contribution < 1.29 is 0 Å². The van der Waals surface area contributed by atoms with E-state index in [4.69, 9.17) is 17.6 Å². The number of thiol groups is 1. The molecule has 3 aromatic heterocycles. The summed E-state index contributed by atoms with van der Waals surface area (Å²) in [5.74, 6) is 0.789. The highest BCUT2D eigenvalue weighted by molar-refractivity contribution is 7.98. The lowest BCUT2D eigenvalue weighted by Crippen LogP contribution is -2.53. The van der Waals surface area contributed by atoms with Crippen LogP contribution in [0.4, 0.5) is 5.00 Å². The highest BCUT2D eigenvalue weighted by Crippen LogP contribution is 2.32. The number of H-pyrrole nitrogens is 1. The summed E-state index contributed by atoms with van der Waals surface area (Å²) in [4.78, 5) is 22.4. The highest BCUT2D eigenvalue weighted by Gasteiger charge is 2.28. The van der Waals surface area contributed by atoms with Gasteiger partial charge in [0.25, 0.3) is 0 Å². The summed E-state index contributed by atoms with van der Waals surface area (Å²) >= 11 is 8.51. The molecule has 1 aliphatic rings. The lowest BCUT2D eigenvalue weighted by Gasteiger charge is -2.42. The lowest BCUT2D eigenvalue weighted by molar-refractivity contribution is 0.170. The number of anilines is 1. The van der Waals surface area contributed by atoms with Crippen LogP contribution in [0, 0.1) is 13.8 Å². The Morgan fingerprint density at radius 1 is 1.19 bits per heavy atom. The van der Waals surface area contributed by atoms with E-state index in [0.717, 1.165) is 72.4 Å². The minimum absolute atomic E-state index is 0.197. The van der Waals surface area contributed by atoms with Gasteiger partial charge in [-0.05, 0) is 62.6 Å². The number of aryl methyl sites for hydroxylation is 1. The first-order chi connectivity index (χ1) is 17.5. The maximum Gasteiger partial charge on any atom is 0.166 e. The van der Waals surface area contributed by atoms with Crippen molar-refractivity contribution in [1.82, 2.24) is 24.8 Å². The van der Waals surface area contributed by atoms with Crippen LogP contribution in [-0.2, 0) is 5.75 Å². The third-order valence-electron chi connectivity index (χ3n) is 7.20. The van der Waals surface area contributed by atoms with Gasteiger partial charge < -0.3 is 9.88 Å². The maximum atomic E-state index is 5.05. The molecule has 5 rings (SSSR count). The van der Waals surface area contributed by atoms with Crippen molar-refractivity contribution >= 4 is 51.8 Å². The van der Waals surface area contributed by atoms with Gasteiger partial charge in [-0.3, -0.25) is 9.88 Å². The molecule has 36 heavy (non-hydrogen) atoms. The number of hydrogen-bond donors (Lipinski definition) is 2. The van der Waals surface area contributed by atoms with Gasteiger partial charge in [-0.15, -0.1) is 11.3 Å². The summed E-state index contributed by atoms with van der Waals surface area (Å²) in [6.45, 7) is 10.9. The molecule has 4 heterocycles. The predicted molar refractivity (Wildman–Crippen MR) is 156 cm³/mol. The molecule has 2 atom stereocenters. The number of fused-ring (bicyclic) bond motifs is 1. The van der Waals surface area contributed by atoms with Gasteiger partial charge in [0.05, 0.1) is 27.9 Å². The molecule has 1 aromatic carbocycles. The van der Waals surface area contributed by atoms with Crippen molar-refractivity contribution in [2.24, 2.45) is 0 Å². The molecule has 6 nitrogen and oxygen atoms in total. The van der Waals surface area contributed by atoms with Crippen molar-refractivity contribution in [2.75, 3.05) is 31.1 Å². The Bertz CT molecular complexity index is 1270. The summed E-state index contributed by atoms with van der Waals surface area (Å²) in [5.41, 5.74) is 8.84. The van der Waals surface area contributed by atoms with Crippen LogP contribution < -0.4 is 4.90 Å². The molecule has 2 unspecified atom stereocenters. The molecular formula is C27H34N6S3. The molecule has 1 fully saturated rings. The van der Waals surface area contributed by atoms with Gasteiger partial charge in [0.15, 0.2) is 5.16 Å². The number of para-hydroxylation sites is 2. The standard InChI is InChI=1S/C27H34N6S3/c1-4-20-15-33(26-19(3)29-17-36-26)14-13-32(20)12-10-25(34)21-9-11-28-24(18(21)2)16-35-27-30-22-7-5-6-8-23(22)31-27/h5-9,11,17,20,25,34H,4,10,12-16H2,1-3H3,(H,30,31). The zero-order valence-corrected chi connectivity index (χ0v) is 23.7. The fraction of sp³-hybridized carbons (Fsp3) is 0.444. The second-order valence-electron chi connectivity index (χ2n) is 9.41. The quantitative estimate of drug-likeness (QED) is 0.193. The molecule has 1 saturated heterocycles. The van der Waals surface area contributed by atoms with Crippen LogP contribution in [0.2, 0.25) is 0 Å². The molecule has 0 amide bonds. The smallest absolute Gasteiger partial charge is 0.166 e. The van der Waals surface area contributed by atoms with E-state index < -0.39 is 0 Å². The van der Waals surface area contributed by atoms with Gasteiger partial charge in [0.1, 0.15) is 5.00 Å². The van der Waals surface area contributed by atoms with Crippen molar-refractivity contribution in [3.05, 3.63) is 64.6 Å². The van der Waals surface area contributed by atoms with Crippen LogP contribution in [0.15, 0.2) is 47.2 Å². The minimum atomic E-state index is 0.197. The molecule has 0 saturated carbocycles. The lowest BCUT2D eigenvalue weighted by atomic mass is 10.0. The van der Waals surface area contributed by atoms with Crippen LogP contribution in [-0.4, -0.2) is 57.1 Å². The summed E-state index contributed by atoms with van der Waals surface area (Å²) in [5, 5.41) is 2.46. The summed E-state index contributed by atoms with van der Waals surface area (Å²) in [6.07, 6.45) is 4.12. The average Bonchev–Trinajstić information content (AvgIpc) is 3.52. The second kappa shape index (κ2) is 11.5. The topological polar surface area (TPSA) is 60.9 Å². The number of piperazine rings is 1. The summed E-state index contributed by atoms with van der Waals surface area (Å²) in [6, 6.07) is 10.9. The molecule has 190 valence electrons. The van der Waals surface area contributed by atoms with Gasteiger partial charge in [-0.25, -0.2) is 9.97 Å². The molecule has 0 bridgehead atoms. The van der Waals surface area contributed by atoms with E-state index in [1.807, 2.05) is 29.9 Å². The highest BCUT2D eigenvalue weighted by atomic mass is 32.2. The Labute approximate surface area is 227 Å². The molecular weight excluding hydrogens is 505 g/mol. The van der Waals surface area contributed by atoms with Crippen molar-refractivity contribution in [1.29, 1.82) is 0 Å². The number of nitrogens with zero attached hydrogens (tertiary/aromatic N) is 5. The van der Waals surface area contributed by atoms with Crippen LogP contribution in [0.25, 0.3) is 11.0 Å². The fourth-order valence-corrected chi connectivity index (χ4v) is 7.19. The first-order valence-electron chi connectivity index (χ1n) is 12.6. The van der Waals surface area contributed by atoms with E-state index in [0.29, 0.717) is 6.04 Å². The van der Waals surface area contributed by atoms with Crippen molar-refractivity contribution in [2.45, 2.75) is 55.8 Å². The number of thioether (sulfide) groups is 1. The van der Waals surface area contributed by atoms with Crippen molar-refractivity contribution in [3.8, 4) is 0 Å².